The number of benzene rings is 2. The fraction of sp³-hybridized carbons (Fsp3) is 0.167. The summed E-state index contributed by atoms with van der Waals surface area (Å²) < 4.78 is 0. The molecular weight excluding hydrogens is 176 g/mol. The monoisotopic (exact) mass is 188 g/mol. The van der Waals surface area contributed by atoms with Crippen molar-refractivity contribution in [2.24, 2.45) is 0 Å². The van der Waals surface area contributed by atoms with E-state index in [4.69, 9.17) is 5.11 Å². The number of hydrogen-bond donors (Lipinski definition) is 2. The van der Waals surface area contributed by atoms with Crippen molar-refractivity contribution in [3.05, 3.63) is 48.0 Å². The van der Waals surface area contributed by atoms with Crippen LogP contribution in [0.15, 0.2) is 42.5 Å². The summed E-state index contributed by atoms with van der Waals surface area (Å²) in [6.45, 7) is -0.238. The Morgan fingerprint density at radius 3 is 2.43 bits per heavy atom. The van der Waals surface area contributed by atoms with Crippen molar-refractivity contribution in [3.8, 4) is 0 Å². The Labute approximate surface area is 82.4 Å². The number of hydrogen-bond acceptors (Lipinski definition) is 2. The lowest BCUT2D eigenvalue weighted by molar-refractivity contribution is 0.0957. The largest absolute Gasteiger partial charge is 0.393 e. The normalized spacial score (nSPS) is 13.0. The third-order valence-corrected chi connectivity index (χ3v) is 2.33. The van der Waals surface area contributed by atoms with Crippen LogP contribution >= 0.6 is 0 Å². The SMILES string of the molecule is OC[C@H](O)c1ccc2ccccc2c1. The minimum Gasteiger partial charge on any atom is -0.393 e. The minimum absolute atomic E-state index is 0.238. The molecule has 0 heterocycles. The molecule has 0 aliphatic carbocycles. The van der Waals surface area contributed by atoms with E-state index in [2.05, 4.69) is 0 Å². The summed E-state index contributed by atoms with van der Waals surface area (Å²) in [4.78, 5) is 0. The van der Waals surface area contributed by atoms with Crippen LogP contribution < -0.4 is 0 Å². The molecule has 1 atom stereocenters. The minimum atomic E-state index is -0.778. The van der Waals surface area contributed by atoms with Gasteiger partial charge in [-0.15, -0.1) is 0 Å². The first-order valence-corrected chi connectivity index (χ1v) is 4.59. The van der Waals surface area contributed by atoms with Crippen molar-refractivity contribution < 1.29 is 10.2 Å². The molecule has 0 saturated carbocycles. The number of aliphatic hydroxyl groups excluding tert-OH is 2. The Hall–Kier alpha value is -1.38. The molecule has 2 aromatic carbocycles. The summed E-state index contributed by atoms with van der Waals surface area (Å²) in [5, 5.41) is 20.5. The lowest BCUT2D eigenvalue weighted by Crippen LogP contribution is -2.01. The van der Waals surface area contributed by atoms with Crippen LogP contribution in [0.1, 0.15) is 11.7 Å². The highest BCUT2D eigenvalue weighted by Crippen LogP contribution is 2.19. The quantitative estimate of drug-likeness (QED) is 0.755. The first-order chi connectivity index (χ1) is 6.81. The van der Waals surface area contributed by atoms with Gasteiger partial charge in [0.25, 0.3) is 0 Å². The fourth-order valence-corrected chi connectivity index (χ4v) is 1.52. The maximum atomic E-state index is 9.44. The van der Waals surface area contributed by atoms with E-state index in [-0.39, 0.29) is 6.61 Å². The van der Waals surface area contributed by atoms with Crippen molar-refractivity contribution >= 4 is 10.8 Å². The molecule has 2 nitrogen and oxygen atoms in total. The van der Waals surface area contributed by atoms with Gasteiger partial charge in [0.1, 0.15) is 6.10 Å². The lowest BCUT2D eigenvalue weighted by atomic mass is 10.0. The zero-order valence-electron chi connectivity index (χ0n) is 7.72. The third-order valence-electron chi connectivity index (χ3n) is 2.33. The summed E-state index contributed by atoms with van der Waals surface area (Å²) in [5.41, 5.74) is 0.756. The molecule has 0 amide bonds. The van der Waals surface area contributed by atoms with Gasteiger partial charge in [0.05, 0.1) is 6.61 Å². The maximum Gasteiger partial charge on any atom is 0.102 e. The summed E-state index contributed by atoms with van der Waals surface area (Å²) >= 11 is 0. The van der Waals surface area contributed by atoms with E-state index in [0.29, 0.717) is 0 Å². The van der Waals surface area contributed by atoms with E-state index in [0.717, 1.165) is 16.3 Å². The van der Waals surface area contributed by atoms with E-state index in [1.807, 2.05) is 42.5 Å². The molecule has 0 saturated heterocycles. The number of fused-ring (bicyclic) bond motifs is 1. The summed E-state index contributed by atoms with van der Waals surface area (Å²) in [6, 6.07) is 13.6. The second-order valence-electron chi connectivity index (χ2n) is 3.30. The van der Waals surface area contributed by atoms with Gasteiger partial charge in [-0.05, 0) is 22.4 Å². The molecule has 0 aromatic heterocycles. The summed E-state index contributed by atoms with van der Waals surface area (Å²) in [6.07, 6.45) is -0.778. The van der Waals surface area contributed by atoms with Gasteiger partial charge in [-0.1, -0.05) is 36.4 Å². The smallest absolute Gasteiger partial charge is 0.102 e. The van der Waals surface area contributed by atoms with Crippen LogP contribution in [0.4, 0.5) is 0 Å². The van der Waals surface area contributed by atoms with Crippen LogP contribution in [-0.4, -0.2) is 16.8 Å². The molecule has 0 aliphatic heterocycles. The average Bonchev–Trinajstić information content (AvgIpc) is 2.27. The van der Waals surface area contributed by atoms with Crippen LogP contribution in [0.3, 0.4) is 0 Å². The molecular formula is C12H12O2. The van der Waals surface area contributed by atoms with Gasteiger partial charge in [-0.2, -0.15) is 0 Å². The van der Waals surface area contributed by atoms with Gasteiger partial charge < -0.3 is 10.2 Å². The van der Waals surface area contributed by atoms with Gasteiger partial charge in [-0.25, -0.2) is 0 Å². The second kappa shape index (κ2) is 3.78. The second-order valence-corrected chi connectivity index (χ2v) is 3.30. The number of aliphatic hydroxyl groups is 2. The zero-order valence-corrected chi connectivity index (χ0v) is 7.72. The molecule has 0 unspecified atom stereocenters. The summed E-state index contributed by atoms with van der Waals surface area (Å²) in [7, 11) is 0. The first-order valence-electron chi connectivity index (χ1n) is 4.59. The van der Waals surface area contributed by atoms with Crippen LogP contribution in [-0.2, 0) is 0 Å². The standard InChI is InChI=1S/C12H12O2/c13-8-12(14)11-6-5-9-3-1-2-4-10(9)7-11/h1-7,12-14H,8H2/t12-/m0/s1. The third kappa shape index (κ3) is 1.62. The van der Waals surface area contributed by atoms with Gasteiger partial charge in [0.15, 0.2) is 0 Å². The fourth-order valence-electron chi connectivity index (χ4n) is 1.52. The molecule has 2 N–H and O–H groups in total. The van der Waals surface area contributed by atoms with Gasteiger partial charge in [-0.3, -0.25) is 0 Å². The summed E-state index contributed by atoms with van der Waals surface area (Å²) in [5.74, 6) is 0. The maximum absolute atomic E-state index is 9.44. The predicted octanol–water partition coefficient (Wildman–Crippen LogP) is 1.87. The highest BCUT2D eigenvalue weighted by atomic mass is 16.3. The zero-order chi connectivity index (χ0) is 9.97. The molecule has 2 rings (SSSR count). The van der Waals surface area contributed by atoms with Crippen LogP contribution in [0.2, 0.25) is 0 Å². The van der Waals surface area contributed by atoms with Crippen molar-refractivity contribution in [2.45, 2.75) is 6.10 Å². The van der Waals surface area contributed by atoms with Crippen molar-refractivity contribution in [1.82, 2.24) is 0 Å². The molecule has 0 fully saturated rings. The molecule has 72 valence electrons. The Morgan fingerprint density at radius 2 is 1.71 bits per heavy atom. The van der Waals surface area contributed by atoms with E-state index >= 15 is 0 Å². The van der Waals surface area contributed by atoms with Crippen molar-refractivity contribution in [3.63, 3.8) is 0 Å². The van der Waals surface area contributed by atoms with E-state index in [1.165, 1.54) is 0 Å². The molecule has 0 spiro atoms. The Bertz CT molecular complexity index is 437. The van der Waals surface area contributed by atoms with Gasteiger partial charge in [0.2, 0.25) is 0 Å². The molecule has 2 aromatic rings. The van der Waals surface area contributed by atoms with Gasteiger partial charge >= 0.3 is 0 Å². The molecule has 0 radical (unpaired) electrons. The van der Waals surface area contributed by atoms with Crippen LogP contribution in [0, 0.1) is 0 Å². The Morgan fingerprint density at radius 1 is 1.00 bits per heavy atom. The topological polar surface area (TPSA) is 40.5 Å². The molecule has 14 heavy (non-hydrogen) atoms. The van der Waals surface area contributed by atoms with E-state index < -0.39 is 6.10 Å². The predicted molar refractivity (Wildman–Crippen MR) is 56.0 cm³/mol. The first kappa shape index (κ1) is 9.19. The van der Waals surface area contributed by atoms with Crippen LogP contribution in [0.5, 0.6) is 0 Å². The lowest BCUT2D eigenvalue weighted by Gasteiger charge is -2.08. The highest BCUT2D eigenvalue weighted by Gasteiger charge is 2.05. The average molecular weight is 188 g/mol. The van der Waals surface area contributed by atoms with E-state index in [9.17, 15) is 5.11 Å². The van der Waals surface area contributed by atoms with Crippen molar-refractivity contribution in [2.75, 3.05) is 6.61 Å². The van der Waals surface area contributed by atoms with Gasteiger partial charge in [0, 0.05) is 0 Å². The Balaban J connectivity index is 2.51. The molecule has 2 heteroatoms. The Kier molecular flexibility index (Phi) is 2.48. The van der Waals surface area contributed by atoms with E-state index in [1.54, 1.807) is 0 Å². The highest BCUT2D eigenvalue weighted by molar-refractivity contribution is 5.83. The van der Waals surface area contributed by atoms with Crippen LogP contribution in [0.25, 0.3) is 10.8 Å². The molecule has 0 bridgehead atoms. The molecule has 0 aliphatic rings. The van der Waals surface area contributed by atoms with Crippen molar-refractivity contribution in [1.29, 1.82) is 0 Å². The number of rotatable bonds is 2.